The fourth-order valence-electron chi connectivity index (χ4n) is 2.70. The third-order valence-corrected chi connectivity index (χ3v) is 5.80. The maximum absolute atomic E-state index is 13.6. The van der Waals surface area contributed by atoms with Crippen LogP contribution in [0.25, 0.3) is 15.3 Å². The summed E-state index contributed by atoms with van der Waals surface area (Å²) in [4.78, 5) is 31.2. The molecule has 4 rings (SSSR count). The van der Waals surface area contributed by atoms with Crippen molar-refractivity contribution in [1.82, 2.24) is 20.0 Å². The van der Waals surface area contributed by atoms with Gasteiger partial charge in [-0.25, -0.2) is 13.8 Å². The Balaban J connectivity index is 1.65. The zero-order valence-corrected chi connectivity index (χ0v) is 15.5. The number of carbonyl (C=O) groups excluding carboxylic acids is 2. The number of carbonyl (C=O) groups is 2. The second kappa shape index (κ2) is 6.71. The van der Waals surface area contributed by atoms with E-state index >= 15 is 0 Å². The lowest BCUT2D eigenvalue weighted by molar-refractivity contribution is -0.122. The first-order chi connectivity index (χ1) is 13.0. The first-order valence-electron chi connectivity index (χ1n) is 7.80. The smallest absolute Gasteiger partial charge is 0.262 e. The molecular formula is C17H12F2N4O2S2. The van der Waals surface area contributed by atoms with Crippen LogP contribution < -0.4 is 10.6 Å². The lowest BCUT2D eigenvalue weighted by Crippen LogP contribution is -2.38. The topological polar surface area (TPSA) is 75.5 Å². The highest BCUT2D eigenvalue weighted by atomic mass is 32.1. The largest absolute Gasteiger partial charge is 0.357 e. The fraction of sp³-hybridized carbons (Fsp3) is 0.118. The predicted molar refractivity (Wildman–Crippen MR) is 99.1 cm³/mol. The van der Waals surface area contributed by atoms with E-state index in [9.17, 15) is 18.4 Å². The van der Waals surface area contributed by atoms with Crippen LogP contribution in [0.1, 0.15) is 21.3 Å². The van der Waals surface area contributed by atoms with Crippen LogP contribution in [0.3, 0.4) is 0 Å². The molecule has 0 radical (unpaired) electrons. The van der Waals surface area contributed by atoms with Gasteiger partial charge in [0.05, 0.1) is 10.4 Å². The van der Waals surface area contributed by atoms with Gasteiger partial charge in [0.1, 0.15) is 10.9 Å². The Kier molecular flexibility index (Phi) is 4.36. The van der Waals surface area contributed by atoms with Gasteiger partial charge in [-0.2, -0.15) is 0 Å². The van der Waals surface area contributed by atoms with Gasteiger partial charge in [-0.05, 0) is 23.8 Å². The molecule has 0 bridgehead atoms. The molecule has 138 valence electrons. The molecule has 4 aromatic rings. The third kappa shape index (κ3) is 3.06. The fourth-order valence-corrected chi connectivity index (χ4v) is 4.40. The van der Waals surface area contributed by atoms with Crippen molar-refractivity contribution in [3.05, 3.63) is 57.9 Å². The minimum Gasteiger partial charge on any atom is -0.357 e. The molecule has 1 atom stereocenters. The Morgan fingerprint density at radius 2 is 2.04 bits per heavy atom. The molecular weight excluding hydrogens is 394 g/mol. The van der Waals surface area contributed by atoms with Gasteiger partial charge in [-0.15, -0.1) is 22.7 Å². The van der Waals surface area contributed by atoms with Crippen molar-refractivity contribution >= 4 is 49.8 Å². The molecule has 2 amide bonds. The van der Waals surface area contributed by atoms with Gasteiger partial charge < -0.3 is 10.6 Å². The summed E-state index contributed by atoms with van der Waals surface area (Å²) < 4.78 is 28.6. The number of halogens is 2. The van der Waals surface area contributed by atoms with Crippen molar-refractivity contribution in [3.8, 4) is 0 Å². The van der Waals surface area contributed by atoms with E-state index in [1.54, 1.807) is 6.07 Å². The molecule has 0 aliphatic rings. The highest BCUT2D eigenvalue weighted by molar-refractivity contribution is 7.21. The molecule has 0 aliphatic heterocycles. The summed E-state index contributed by atoms with van der Waals surface area (Å²) in [6.45, 7) is 0. The zero-order chi connectivity index (χ0) is 19.1. The van der Waals surface area contributed by atoms with Crippen LogP contribution >= 0.6 is 22.7 Å². The molecule has 0 saturated carbocycles. The highest BCUT2D eigenvalue weighted by Gasteiger charge is 2.25. The van der Waals surface area contributed by atoms with Gasteiger partial charge in [0.15, 0.2) is 16.6 Å². The minimum atomic E-state index is -1.16. The number of amides is 2. The lowest BCUT2D eigenvalue weighted by Gasteiger charge is -2.17. The molecule has 2 N–H and O–H groups in total. The summed E-state index contributed by atoms with van der Waals surface area (Å²) in [6.07, 6.45) is 1.86. The molecule has 0 aliphatic carbocycles. The van der Waals surface area contributed by atoms with Gasteiger partial charge in [0, 0.05) is 18.6 Å². The number of aromatic nitrogens is 2. The van der Waals surface area contributed by atoms with E-state index in [-0.39, 0.29) is 5.56 Å². The Hall–Kier alpha value is -2.85. The predicted octanol–water partition coefficient (Wildman–Crippen LogP) is 3.11. The van der Waals surface area contributed by atoms with E-state index in [1.165, 1.54) is 35.8 Å². The molecule has 10 heteroatoms. The second-order valence-corrected chi connectivity index (χ2v) is 7.57. The van der Waals surface area contributed by atoms with Crippen LogP contribution in [0.15, 0.2) is 35.8 Å². The Bertz CT molecular complexity index is 1180. The number of nitrogens with zero attached hydrogens (tertiary/aromatic N) is 2. The Labute approximate surface area is 159 Å². The van der Waals surface area contributed by atoms with Gasteiger partial charge in [0.2, 0.25) is 5.91 Å². The Morgan fingerprint density at radius 3 is 2.78 bits per heavy atom. The van der Waals surface area contributed by atoms with Crippen LogP contribution in [0.2, 0.25) is 0 Å². The molecule has 27 heavy (non-hydrogen) atoms. The van der Waals surface area contributed by atoms with Crippen molar-refractivity contribution in [3.63, 3.8) is 0 Å². The lowest BCUT2D eigenvalue weighted by atomic mass is 10.1. The summed E-state index contributed by atoms with van der Waals surface area (Å²) in [5, 5.41) is 6.88. The van der Waals surface area contributed by atoms with Gasteiger partial charge >= 0.3 is 0 Å². The van der Waals surface area contributed by atoms with Crippen molar-refractivity contribution in [2.75, 3.05) is 7.05 Å². The maximum atomic E-state index is 13.6. The third-order valence-electron chi connectivity index (χ3n) is 4.02. The van der Waals surface area contributed by atoms with Crippen molar-refractivity contribution < 1.29 is 18.4 Å². The van der Waals surface area contributed by atoms with E-state index in [0.29, 0.717) is 9.71 Å². The van der Waals surface area contributed by atoms with E-state index < -0.39 is 29.5 Å². The minimum absolute atomic E-state index is 0.143. The number of likely N-dealkylation sites (N-methyl/N-ethyl adjacent to an activating group) is 1. The number of imidazole rings is 1. The number of benzene rings is 1. The van der Waals surface area contributed by atoms with Gasteiger partial charge in [0.25, 0.3) is 5.91 Å². The normalized spacial score (nSPS) is 12.4. The van der Waals surface area contributed by atoms with Crippen LogP contribution in [0, 0.1) is 11.6 Å². The molecule has 3 aromatic heterocycles. The van der Waals surface area contributed by atoms with Crippen molar-refractivity contribution in [2.24, 2.45) is 0 Å². The number of fused-ring (bicyclic) bond motifs is 3. The number of hydrogen-bond donors (Lipinski definition) is 2. The number of rotatable bonds is 4. The molecule has 0 saturated heterocycles. The second-order valence-electron chi connectivity index (χ2n) is 5.66. The number of thiazole rings is 1. The molecule has 3 heterocycles. The first-order valence-corrected chi connectivity index (χ1v) is 9.50. The van der Waals surface area contributed by atoms with Gasteiger partial charge in [-0.3, -0.25) is 14.0 Å². The monoisotopic (exact) mass is 406 g/mol. The number of hydrogen-bond acceptors (Lipinski definition) is 5. The van der Waals surface area contributed by atoms with Crippen LogP contribution in [-0.2, 0) is 4.79 Å². The standard InChI is InChI=1S/C17H12F2N4O2S2/c1-20-15(25)13(8-2-3-9(18)10(19)6-8)21-14(24)12-7-11-16(27-12)22-17-23(11)4-5-26-17/h2-7,13H,1H3,(H,20,25)(H,21,24). The average Bonchev–Trinajstić information content (AvgIpc) is 3.33. The maximum Gasteiger partial charge on any atom is 0.262 e. The summed E-state index contributed by atoms with van der Waals surface area (Å²) in [7, 11) is 1.40. The molecule has 1 unspecified atom stereocenters. The molecule has 6 nitrogen and oxygen atoms in total. The number of thiophene rings is 1. The van der Waals surface area contributed by atoms with Crippen LogP contribution in [-0.4, -0.2) is 28.2 Å². The Morgan fingerprint density at radius 1 is 1.22 bits per heavy atom. The van der Waals surface area contributed by atoms with Crippen LogP contribution in [0.4, 0.5) is 8.78 Å². The van der Waals surface area contributed by atoms with Crippen molar-refractivity contribution in [1.29, 1.82) is 0 Å². The van der Waals surface area contributed by atoms with E-state index in [4.69, 9.17) is 0 Å². The SMILES string of the molecule is CNC(=O)C(NC(=O)c1cc2c(nc3sccn32)s1)c1ccc(F)c(F)c1. The van der Waals surface area contributed by atoms with E-state index in [0.717, 1.165) is 22.6 Å². The first kappa shape index (κ1) is 17.6. The number of nitrogens with one attached hydrogen (secondary N) is 2. The molecule has 0 fully saturated rings. The van der Waals surface area contributed by atoms with E-state index in [1.807, 2.05) is 16.0 Å². The average molecular weight is 406 g/mol. The van der Waals surface area contributed by atoms with Crippen LogP contribution in [0.5, 0.6) is 0 Å². The molecule has 0 spiro atoms. The summed E-state index contributed by atoms with van der Waals surface area (Å²) in [5.41, 5.74) is 0.940. The molecule has 1 aromatic carbocycles. The summed E-state index contributed by atoms with van der Waals surface area (Å²) in [5.74, 6) is -3.16. The van der Waals surface area contributed by atoms with Crippen molar-refractivity contribution in [2.45, 2.75) is 6.04 Å². The van der Waals surface area contributed by atoms with Gasteiger partial charge in [-0.1, -0.05) is 6.07 Å². The quantitative estimate of drug-likeness (QED) is 0.547. The summed E-state index contributed by atoms with van der Waals surface area (Å²) >= 11 is 2.68. The van der Waals surface area contributed by atoms with E-state index in [2.05, 4.69) is 15.6 Å². The zero-order valence-electron chi connectivity index (χ0n) is 13.8. The highest BCUT2D eigenvalue weighted by Crippen LogP contribution is 2.28. The summed E-state index contributed by atoms with van der Waals surface area (Å²) in [6, 6.07) is 3.60.